The highest BCUT2D eigenvalue weighted by Crippen LogP contribution is 2.48. The third kappa shape index (κ3) is 7.41. The molecule has 38 heavy (non-hydrogen) atoms. The van der Waals surface area contributed by atoms with Crippen LogP contribution in [0.25, 0.3) is 0 Å². The van der Waals surface area contributed by atoms with Crippen molar-refractivity contribution in [1.82, 2.24) is 0 Å². The van der Waals surface area contributed by atoms with Crippen molar-refractivity contribution in [3.63, 3.8) is 0 Å². The molecule has 0 radical (unpaired) electrons. The summed E-state index contributed by atoms with van der Waals surface area (Å²) in [5.41, 5.74) is 0. The first kappa shape index (κ1) is 29.1. The smallest absolute Gasteiger partial charge is 0.400 e. The largest absolute Gasteiger partial charge is 0.453 e. The third-order valence-electron chi connectivity index (χ3n) is 9.48. The summed E-state index contributed by atoms with van der Waals surface area (Å²) in [6.45, 7) is 2.27. The first-order chi connectivity index (χ1) is 18.2. The summed E-state index contributed by atoms with van der Waals surface area (Å²) in [4.78, 5) is 0. The number of hydrogen-bond acceptors (Lipinski definition) is 2. The average molecular weight is 547 g/mol. The molecule has 1 aromatic rings. The maximum absolute atomic E-state index is 14.9. The van der Waals surface area contributed by atoms with Crippen LogP contribution >= 0.6 is 0 Å². The Morgan fingerprint density at radius 2 is 1.24 bits per heavy atom. The highest BCUT2D eigenvalue weighted by atomic mass is 19.3. The summed E-state index contributed by atoms with van der Waals surface area (Å²) >= 11 is 0. The van der Waals surface area contributed by atoms with Crippen LogP contribution in [0.2, 0.25) is 0 Å². The molecule has 4 rings (SSSR count). The Morgan fingerprint density at radius 1 is 0.789 bits per heavy atom. The standard InChI is InChI=1S/C30H40F6O2/c1-2-3-19-4-6-20(7-5-19)21-8-10-22(11-9-21)23-12-14-24(15-13-23)30(35,36)38-25-16-26(31)29(27(32)17-25)37-18-28(33)34/h16-24H,2-15H2,1H3. The van der Waals surface area contributed by atoms with Crippen molar-refractivity contribution in [2.45, 2.75) is 103 Å². The van der Waals surface area contributed by atoms with Gasteiger partial charge in [0.2, 0.25) is 0 Å². The van der Waals surface area contributed by atoms with Crippen molar-refractivity contribution in [2.24, 2.45) is 35.5 Å². The quantitative estimate of drug-likeness (QED) is 0.227. The van der Waals surface area contributed by atoms with Gasteiger partial charge in [-0.3, -0.25) is 0 Å². The van der Waals surface area contributed by atoms with Gasteiger partial charge in [-0.05, 0) is 93.8 Å². The molecule has 1 aromatic carbocycles. The van der Waals surface area contributed by atoms with Gasteiger partial charge >= 0.3 is 12.2 Å². The zero-order valence-corrected chi connectivity index (χ0v) is 22.2. The van der Waals surface area contributed by atoms with E-state index >= 15 is 0 Å². The fraction of sp³-hybridized carbons (Fsp3) is 0.733. The summed E-state index contributed by atoms with van der Waals surface area (Å²) in [6, 6.07) is 1.05. The molecule has 3 aliphatic carbocycles. The highest BCUT2D eigenvalue weighted by Gasteiger charge is 2.45. The molecule has 3 aliphatic rings. The molecular weight excluding hydrogens is 506 g/mol. The first-order valence-electron chi connectivity index (χ1n) is 14.4. The lowest BCUT2D eigenvalue weighted by molar-refractivity contribution is -0.224. The van der Waals surface area contributed by atoms with Gasteiger partial charge < -0.3 is 9.47 Å². The Balaban J connectivity index is 1.23. The van der Waals surface area contributed by atoms with E-state index < -0.39 is 41.2 Å². The number of rotatable bonds is 9. The zero-order valence-electron chi connectivity index (χ0n) is 22.2. The van der Waals surface area contributed by atoms with Gasteiger partial charge in [0.05, 0.1) is 5.92 Å². The van der Waals surface area contributed by atoms with Crippen molar-refractivity contribution in [1.29, 1.82) is 0 Å². The van der Waals surface area contributed by atoms with Crippen LogP contribution in [-0.2, 0) is 0 Å². The average Bonchev–Trinajstić information content (AvgIpc) is 2.89. The number of alkyl halides is 2. The van der Waals surface area contributed by atoms with Crippen LogP contribution in [0.15, 0.2) is 24.5 Å². The SMILES string of the molecule is CCCC1CCC(C2CCC(C3CCC(C(F)(F)Oc4cc(F)c(OC=C(F)F)c(F)c4)CC3)CC2)CC1. The van der Waals surface area contributed by atoms with Crippen molar-refractivity contribution in [3.8, 4) is 11.5 Å². The van der Waals surface area contributed by atoms with Crippen LogP contribution in [0.3, 0.4) is 0 Å². The minimum atomic E-state index is -3.59. The van der Waals surface area contributed by atoms with E-state index in [1.165, 1.54) is 64.2 Å². The van der Waals surface area contributed by atoms with Gasteiger partial charge in [-0.25, -0.2) is 8.78 Å². The minimum Gasteiger partial charge on any atom is -0.453 e. The molecule has 3 fully saturated rings. The maximum Gasteiger partial charge on any atom is 0.400 e. The molecule has 0 aliphatic heterocycles. The molecule has 0 amide bonds. The number of benzene rings is 1. The summed E-state index contributed by atoms with van der Waals surface area (Å²) in [7, 11) is 0. The Kier molecular flexibility index (Phi) is 9.96. The summed E-state index contributed by atoms with van der Waals surface area (Å²) in [6.07, 6.45) is 9.06. The zero-order chi connectivity index (χ0) is 27.3. The van der Waals surface area contributed by atoms with E-state index in [1.807, 2.05) is 0 Å². The van der Waals surface area contributed by atoms with Crippen molar-refractivity contribution in [3.05, 3.63) is 36.1 Å². The minimum absolute atomic E-state index is 0.125. The molecule has 0 bridgehead atoms. The molecule has 0 unspecified atom stereocenters. The van der Waals surface area contributed by atoms with Gasteiger partial charge in [0.25, 0.3) is 0 Å². The van der Waals surface area contributed by atoms with E-state index in [-0.39, 0.29) is 6.26 Å². The summed E-state index contributed by atoms with van der Waals surface area (Å²) in [5, 5.41) is 0. The van der Waals surface area contributed by atoms with Crippen LogP contribution in [0.4, 0.5) is 26.3 Å². The van der Waals surface area contributed by atoms with Crippen LogP contribution in [0.5, 0.6) is 11.5 Å². The molecule has 0 aromatic heterocycles. The lowest BCUT2D eigenvalue weighted by Crippen LogP contribution is -2.38. The van der Waals surface area contributed by atoms with Gasteiger partial charge in [-0.15, -0.1) is 0 Å². The number of hydrogen-bond donors (Lipinski definition) is 0. The van der Waals surface area contributed by atoms with E-state index in [9.17, 15) is 26.3 Å². The third-order valence-corrected chi connectivity index (χ3v) is 9.48. The van der Waals surface area contributed by atoms with Crippen LogP contribution in [-0.4, -0.2) is 6.11 Å². The number of ether oxygens (including phenoxy) is 2. The van der Waals surface area contributed by atoms with Crippen LogP contribution < -0.4 is 9.47 Å². The topological polar surface area (TPSA) is 18.5 Å². The molecule has 2 nitrogen and oxygen atoms in total. The van der Waals surface area contributed by atoms with Gasteiger partial charge in [-0.1, -0.05) is 32.6 Å². The van der Waals surface area contributed by atoms with Crippen molar-refractivity contribution >= 4 is 0 Å². The van der Waals surface area contributed by atoms with E-state index in [2.05, 4.69) is 11.7 Å². The second-order valence-electron chi connectivity index (χ2n) is 11.8. The normalized spacial score (nSPS) is 30.5. The van der Waals surface area contributed by atoms with Gasteiger partial charge in [-0.2, -0.15) is 17.6 Å². The van der Waals surface area contributed by atoms with E-state index in [1.54, 1.807) is 0 Å². The molecule has 0 heterocycles. The van der Waals surface area contributed by atoms with Gasteiger partial charge in [0, 0.05) is 12.1 Å². The van der Waals surface area contributed by atoms with Crippen molar-refractivity contribution in [2.75, 3.05) is 0 Å². The Bertz CT molecular complexity index is 900. The van der Waals surface area contributed by atoms with Crippen LogP contribution in [0.1, 0.15) is 96.8 Å². The molecule has 0 saturated heterocycles. The molecule has 8 heteroatoms. The second kappa shape index (κ2) is 13.0. The van der Waals surface area contributed by atoms with Crippen molar-refractivity contribution < 1.29 is 35.8 Å². The lowest BCUT2D eigenvalue weighted by Gasteiger charge is -2.42. The first-order valence-corrected chi connectivity index (χ1v) is 14.4. The Hall–Kier alpha value is -1.86. The fourth-order valence-corrected chi connectivity index (χ4v) is 7.42. The predicted octanol–water partition coefficient (Wildman–Crippen LogP) is 10.3. The summed E-state index contributed by atoms with van der Waals surface area (Å²) < 4.78 is 91.2. The monoisotopic (exact) mass is 546 g/mol. The highest BCUT2D eigenvalue weighted by molar-refractivity contribution is 5.35. The fourth-order valence-electron chi connectivity index (χ4n) is 7.42. The molecule has 3 saturated carbocycles. The van der Waals surface area contributed by atoms with Gasteiger partial charge in [0.1, 0.15) is 5.75 Å². The van der Waals surface area contributed by atoms with E-state index in [0.29, 0.717) is 49.7 Å². The number of halogens is 6. The Labute approximate surface area is 222 Å². The maximum atomic E-state index is 14.9. The van der Waals surface area contributed by atoms with Crippen LogP contribution in [0, 0.1) is 47.1 Å². The molecule has 0 spiro atoms. The molecule has 214 valence electrons. The van der Waals surface area contributed by atoms with E-state index in [0.717, 1.165) is 17.8 Å². The Morgan fingerprint density at radius 3 is 1.68 bits per heavy atom. The predicted molar refractivity (Wildman–Crippen MR) is 134 cm³/mol. The van der Waals surface area contributed by atoms with Gasteiger partial charge in [0.15, 0.2) is 23.6 Å². The molecular formula is C30H40F6O2. The molecule has 0 N–H and O–H groups in total. The molecule has 0 atom stereocenters. The second-order valence-corrected chi connectivity index (χ2v) is 11.8. The van der Waals surface area contributed by atoms with E-state index in [4.69, 9.17) is 4.74 Å². The summed E-state index contributed by atoms with van der Waals surface area (Å²) in [5.74, 6) is -2.00. The lowest BCUT2D eigenvalue weighted by atomic mass is 9.65.